The summed E-state index contributed by atoms with van der Waals surface area (Å²) < 4.78 is 19.3. The second-order valence-corrected chi connectivity index (χ2v) is 7.10. The van der Waals surface area contributed by atoms with E-state index in [0.717, 1.165) is 0 Å². The minimum absolute atomic E-state index is 0.438. The molecular formula is C23H18ClN5O. The van der Waals surface area contributed by atoms with Crippen LogP contribution in [0.5, 0.6) is 0 Å². The minimum atomic E-state index is -1.85. The van der Waals surface area contributed by atoms with Gasteiger partial charge in [0, 0.05) is 35.9 Å². The van der Waals surface area contributed by atoms with Gasteiger partial charge in [-0.15, -0.1) is 0 Å². The number of halogens is 1. The highest BCUT2D eigenvalue weighted by Gasteiger charge is 2.11. The number of amides is 2. The number of fused-ring (bicyclic) bond motifs is 2. The van der Waals surface area contributed by atoms with Gasteiger partial charge in [0.1, 0.15) is 5.65 Å². The Balaban J connectivity index is 1.49. The molecule has 148 valence electrons. The van der Waals surface area contributed by atoms with E-state index in [2.05, 4.69) is 20.6 Å². The van der Waals surface area contributed by atoms with Crippen molar-refractivity contribution in [1.82, 2.24) is 14.5 Å². The number of para-hydroxylation sites is 1. The Morgan fingerprint density at radius 1 is 1.03 bits per heavy atom. The van der Waals surface area contributed by atoms with Crippen LogP contribution in [-0.4, -0.2) is 20.6 Å². The van der Waals surface area contributed by atoms with Gasteiger partial charge in [0.2, 0.25) is 0 Å². The van der Waals surface area contributed by atoms with Crippen LogP contribution in [-0.2, 0) is 6.50 Å². The Morgan fingerprint density at radius 3 is 2.77 bits per heavy atom. The molecule has 0 unspecified atom stereocenters. The number of carbonyl (C=O) groups excluding carboxylic acids is 1. The minimum Gasteiger partial charge on any atom is -0.346 e. The highest BCUT2D eigenvalue weighted by atomic mass is 35.5. The van der Waals surface area contributed by atoms with Crippen LogP contribution in [0.1, 0.15) is 8.30 Å². The Kier molecular flexibility index (Phi) is 4.06. The molecule has 3 N–H and O–H groups in total. The number of benzene rings is 2. The summed E-state index contributed by atoms with van der Waals surface area (Å²) in [6.45, 7) is -1.85. The summed E-state index contributed by atoms with van der Waals surface area (Å²) in [6, 6.07) is 17.3. The number of rotatable bonds is 4. The van der Waals surface area contributed by atoms with Crippen LogP contribution < -0.4 is 10.6 Å². The van der Waals surface area contributed by atoms with Crippen molar-refractivity contribution < 1.29 is 7.54 Å². The van der Waals surface area contributed by atoms with Gasteiger partial charge in [0.25, 0.3) is 0 Å². The van der Waals surface area contributed by atoms with Crippen LogP contribution in [0.4, 0.5) is 16.2 Å². The third-order valence-electron chi connectivity index (χ3n) is 4.80. The van der Waals surface area contributed by atoms with Gasteiger partial charge in [-0.05, 0) is 48.0 Å². The van der Waals surface area contributed by atoms with Crippen LogP contribution in [0.15, 0.2) is 79.3 Å². The average molecular weight is 418 g/mol. The molecule has 0 aliphatic carbocycles. The Bertz CT molecular complexity index is 1460. The molecule has 6 nitrogen and oxygen atoms in total. The summed E-state index contributed by atoms with van der Waals surface area (Å²) in [5.41, 5.74) is 2.81. The Hall–Kier alpha value is -3.77. The molecule has 0 atom stereocenters. The SMILES string of the molecule is [2H]C([2H])(c1c[nH]c2ncccc12)n1ccc2c(NC(=O)Nc3ccccc3Cl)cccc21. The number of nitrogens with one attached hydrogen (secondary N) is 3. The molecule has 7 heteroatoms. The Morgan fingerprint density at radius 2 is 1.87 bits per heavy atom. The fourth-order valence-electron chi connectivity index (χ4n) is 3.39. The van der Waals surface area contributed by atoms with Crippen molar-refractivity contribution in [3.63, 3.8) is 0 Å². The number of nitrogens with zero attached hydrogens (tertiary/aromatic N) is 2. The van der Waals surface area contributed by atoms with E-state index in [1.165, 1.54) is 0 Å². The monoisotopic (exact) mass is 417 g/mol. The molecule has 0 saturated heterocycles. The molecule has 3 aromatic heterocycles. The molecule has 0 bridgehead atoms. The molecule has 0 saturated carbocycles. The summed E-state index contributed by atoms with van der Waals surface area (Å²) in [6.07, 6.45) is 4.98. The number of H-pyrrole nitrogens is 1. The standard InChI is InChI=1S/C23H18ClN5O/c24-18-6-1-2-7-20(18)28-23(30)27-19-8-3-9-21-17(19)10-12-29(21)14-15-13-26-22-16(15)5-4-11-25-22/h1-13H,14H2,(H,25,26)(H2,27,28,30)/i14D2. The fourth-order valence-corrected chi connectivity index (χ4v) is 3.57. The van der Waals surface area contributed by atoms with Crippen LogP contribution in [0.25, 0.3) is 21.9 Å². The molecule has 0 radical (unpaired) electrons. The van der Waals surface area contributed by atoms with E-state index in [0.29, 0.717) is 43.9 Å². The number of hydrogen-bond acceptors (Lipinski definition) is 2. The quantitative estimate of drug-likeness (QED) is 0.342. The van der Waals surface area contributed by atoms with Gasteiger partial charge in [-0.1, -0.05) is 29.8 Å². The molecular weight excluding hydrogens is 398 g/mol. The Labute approximate surface area is 180 Å². The maximum atomic E-state index is 12.5. The van der Waals surface area contributed by atoms with E-state index in [9.17, 15) is 4.79 Å². The molecule has 0 fully saturated rings. The number of pyridine rings is 1. The fraction of sp³-hybridized carbons (Fsp3) is 0.0435. The molecule has 2 aromatic carbocycles. The summed E-state index contributed by atoms with van der Waals surface area (Å²) in [5.74, 6) is 0. The first-order valence-electron chi connectivity index (χ1n) is 10.3. The van der Waals surface area contributed by atoms with Crippen molar-refractivity contribution in [2.45, 2.75) is 6.50 Å². The van der Waals surface area contributed by atoms with Crippen molar-refractivity contribution in [3.8, 4) is 0 Å². The normalized spacial score (nSPS) is 12.6. The van der Waals surface area contributed by atoms with Gasteiger partial charge in [-0.2, -0.15) is 0 Å². The highest BCUT2D eigenvalue weighted by Crippen LogP contribution is 2.27. The lowest BCUT2D eigenvalue weighted by Crippen LogP contribution is -2.19. The number of hydrogen-bond donors (Lipinski definition) is 3. The van der Waals surface area contributed by atoms with Crippen molar-refractivity contribution in [2.75, 3.05) is 10.6 Å². The van der Waals surface area contributed by atoms with E-state index >= 15 is 0 Å². The van der Waals surface area contributed by atoms with Crippen molar-refractivity contribution in [1.29, 1.82) is 0 Å². The molecule has 0 aliphatic heterocycles. The zero-order chi connectivity index (χ0) is 22.3. The van der Waals surface area contributed by atoms with Crippen LogP contribution in [0, 0.1) is 0 Å². The van der Waals surface area contributed by atoms with Gasteiger partial charge in [-0.3, -0.25) is 0 Å². The third kappa shape index (κ3) is 3.38. The first-order chi connectivity index (χ1) is 15.4. The van der Waals surface area contributed by atoms with E-state index < -0.39 is 12.5 Å². The van der Waals surface area contributed by atoms with E-state index in [-0.39, 0.29) is 0 Å². The van der Waals surface area contributed by atoms with Gasteiger partial charge >= 0.3 is 6.03 Å². The molecule has 0 aliphatic rings. The van der Waals surface area contributed by atoms with E-state index in [1.807, 2.05) is 12.1 Å². The second-order valence-electron chi connectivity index (χ2n) is 6.70. The first kappa shape index (κ1) is 16.1. The molecule has 5 rings (SSSR count). The summed E-state index contributed by atoms with van der Waals surface area (Å²) in [4.78, 5) is 19.8. The summed E-state index contributed by atoms with van der Waals surface area (Å²) >= 11 is 6.12. The lowest BCUT2D eigenvalue weighted by atomic mass is 10.2. The zero-order valence-corrected chi connectivity index (χ0v) is 16.4. The van der Waals surface area contributed by atoms with E-state index in [1.54, 1.807) is 71.7 Å². The predicted octanol–water partition coefficient (Wildman–Crippen LogP) is 5.86. The second kappa shape index (κ2) is 7.57. The maximum absolute atomic E-state index is 12.5. The van der Waals surface area contributed by atoms with Crippen molar-refractivity contribution in [3.05, 3.63) is 89.8 Å². The first-order valence-corrected chi connectivity index (χ1v) is 9.68. The number of aromatic amines is 1. The number of anilines is 2. The molecule has 2 amide bonds. The van der Waals surface area contributed by atoms with Gasteiger partial charge in [-0.25, -0.2) is 9.78 Å². The summed E-state index contributed by atoms with van der Waals surface area (Å²) in [7, 11) is 0. The number of carbonyl (C=O) groups is 1. The zero-order valence-electron chi connectivity index (χ0n) is 17.7. The average Bonchev–Trinajstić information content (AvgIpc) is 3.41. The van der Waals surface area contributed by atoms with Crippen LogP contribution in [0.3, 0.4) is 0 Å². The predicted molar refractivity (Wildman–Crippen MR) is 121 cm³/mol. The van der Waals surface area contributed by atoms with Gasteiger partial charge in [0.15, 0.2) is 0 Å². The lowest BCUT2D eigenvalue weighted by molar-refractivity contribution is 0.262. The number of urea groups is 1. The molecule has 30 heavy (non-hydrogen) atoms. The van der Waals surface area contributed by atoms with Gasteiger partial charge < -0.3 is 20.2 Å². The number of aromatic nitrogens is 3. The topological polar surface area (TPSA) is 74.7 Å². The van der Waals surface area contributed by atoms with Crippen molar-refractivity contribution >= 4 is 50.9 Å². The third-order valence-corrected chi connectivity index (χ3v) is 5.12. The largest absolute Gasteiger partial charge is 0.346 e. The molecule has 3 heterocycles. The van der Waals surface area contributed by atoms with Crippen LogP contribution >= 0.6 is 11.6 Å². The van der Waals surface area contributed by atoms with E-state index in [4.69, 9.17) is 14.3 Å². The molecule has 5 aromatic rings. The summed E-state index contributed by atoms with van der Waals surface area (Å²) in [5, 5.41) is 7.42. The van der Waals surface area contributed by atoms with Crippen molar-refractivity contribution in [2.24, 2.45) is 0 Å². The molecule has 0 spiro atoms. The lowest BCUT2D eigenvalue weighted by Gasteiger charge is -2.10. The van der Waals surface area contributed by atoms with Gasteiger partial charge in [0.05, 0.1) is 24.7 Å². The smallest absolute Gasteiger partial charge is 0.323 e. The van der Waals surface area contributed by atoms with Crippen LogP contribution in [0.2, 0.25) is 5.02 Å². The highest BCUT2D eigenvalue weighted by molar-refractivity contribution is 6.33. The maximum Gasteiger partial charge on any atom is 0.323 e.